The van der Waals surface area contributed by atoms with Crippen LogP contribution in [0.3, 0.4) is 0 Å². The molecule has 0 unspecified atom stereocenters. The summed E-state index contributed by atoms with van der Waals surface area (Å²) in [5, 5.41) is 4.41. The van der Waals surface area contributed by atoms with E-state index >= 15 is 0 Å². The van der Waals surface area contributed by atoms with Crippen molar-refractivity contribution in [2.45, 2.75) is 6.54 Å². The standard InChI is InChI=1S/C15H19N5.ClH/c16-15-12-3-1-2-4-13(12)18-14(19-15)9-20-7-10-5-17-6-11(10)8-20;/h1-4,10-11,17H,5-9H2,(H2,16,18,19);1H/t10-,11+;. The van der Waals surface area contributed by atoms with Crippen molar-refractivity contribution in [3.8, 4) is 0 Å². The number of rotatable bonds is 2. The Kier molecular flexibility index (Phi) is 3.97. The smallest absolute Gasteiger partial charge is 0.145 e. The zero-order valence-electron chi connectivity index (χ0n) is 11.8. The van der Waals surface area contributed by atoms with Gasteiger partial charge in [0.1, 0.15) is 11.6 Å². The fourth-order valence-corrected chi connectivity index (χ4v) is 3.50. The lowest BCUT2D eigenvalue weighted by atomic mass is 10.0. The second kappa shape index (κ2) is 5.75. The number of benzene rings is 1. The number of nitrogens with one attached hydrogen (secondary N) is 1. The lowest BCUT2D eigenvalue weighted by Crippen LogP contribution is -2.26. The highest BCUT2D eigenvalue weighted by Crippen LogP contribution is 2.27. The topological polar surface area (TPSA) is 67.1 Å². The molecule has 2 aliphatic rings. The zero-order chi connectivity index (χ0) is 13.5. The highest BCUT2D eigenvalue weighted by Gasteiger charge is 2.36. The van der Waals surface area contributed by atoms with Crippen molar-refractivity contribution in [3.05, 3.63) is 30.1 Å². The van der Waals surface area contributed by atoms with E-state index in [0.29, 0.717) is 5.82 Å². The van der Waals surface area contributed by atoms with E-state index in [1.807, 2.05) is 24.3 Å². The van der Waals surface area contributed by atoms with Crippen LogP contribution in [-0.4, -0.2) is 41.0 Å². The SMILES string of the molecule is Cl.Nc1nc(CN2C[C@H]3CNC[C@H]3C2)nc2ccccc12. The van der Waals surface area contributed by atoms with E-state index in [1.165, 1.54) is 0 Å². The van der Waals surface area contributed by atoms with Crippen LogP contribution in [0.1, 0.15) is 5.82 Å². The van der Waals surface area contributed by atoms with Crippen molar-refractivity contribution in [1.29, 1.82) is 0 Å². The Bertz CT molecular complexity index is 635. The Morgan fingerprint density at radius 3 is 2.62 bits per heavy atom. The monoisotopic (exact) mass is 305 g/mol. The summed E-state index contributed by atoms with van der Waals surface area (Å²) in [6.45, 7) is 5.41. The fourth-order valence-electron chi connectivity index (χ4n) is 3.50. The predicted molar refractivity (Wildman–Crippen MR) is 86.3 cm³/mol. The van der Waals surface area contributed by atoms with Crippen LogP contribution in [0.5, 0.6) is 0 Å². The van der Waals surface area contributed by atoms with Gasteiger partial charge in [0.15, 0.2) is 0 Å². The van der Waals surface area contributed by atoms with E-state index in [9.17, 15) is 0 Å². The average molecular weight is 306 g/mol. The number of anilines is 1. The first-order valence-corrected chi connectivity index (χ1v) is 7.24. The maximum atomic E-state index is 6.04. The molecule has 21 heavy (non-hydrogen) atoms. The van der Waals surface area contributed by atoms with Crippen LogP contribution < -0.4 is 11.1 Å². The minimum atomic E-state index is 0. The third-order valence-electron chi connectivity index (χ3n) is 4.51. The molecule has 0 radical (unpaired) electrons. The van der Waals surface area contributed by atoms with Crippen LogP contribution in [0.4, 0.5) is 5.82 Å². The Labute approximate surface area is 130 Å². The predicted octanol–water partition coefficient (Wildman–Crippen LogP) is 1.28. The van der Waals surface area contributed by atoms with Gasteiger partial charge < -0.3 is 11.1 Å². The van der Waals surface area contributed by atoms with Crippen LogP contribution in [0.25, 0.3) is 10.9 Å². The van der Waals surface area contributed by atoms with Crippen molar-refractivity contribution in [2.75, 3.05) is 31.9 Å². The molecule has 2 aromatic rings. The van der Waals surface area contributed by atoms with Crippen molar-refractivity contribution >= 4 is 29.1 Å². The van der Waals surface area contributed by atoms with Crippen LogP contribution in [-0.2, 0) is 6.54 Å². The van der Waals surface area contributed by atoms with E-state index in [1.54, 1.807) is 0 Å². The van der Waals surface area contributed by atoms with E-state index in [0.717, 1.165) is 61.3 Å². The molecule has 1 aromatic carbocycles. The molecule has 2 saturated heterocycles. The van der Waals surface area contributed by atoms with Gasteiger partial charge in [-0.2, -0.15) is 0 Å². The fraction of sp³-hybridized carbons (Fsp3) is 0.467. The molecule has 112 valence electrons. The Hall–Kier alpha value is -1.43. The summed E-state index contributed by atoms with van der Waals surface area (Å²) in [5.41, 5.74) is 6.98. The largest absolute Gasteiger partial charge is 0.383 e. The van der Waals surface area contributed by atoms with Crippen LogP contribution in [0.15, 0.2) is 24.3 Å². The number of nitrogen functional groups attached to an aromatic ring is 1. The van der Waals surface area contributed by atoms with Crippen molar-refractivity contribution in [1.82, 2.24) is 20.2 Å². The number of aromatic nitrogens is 2. The van der Waals surface area contributed by atoms with E-state index in [2.05, 4.69) is 20.2 Å². The molecule has 2 atom stereocenters. The Morgan fingerprint density at radius 2 is 1.86 bits per heavy atom. The molecule has 0 aliphatic carbocycles. The van der Waals surface area contributed by atoms with Gasteiger partial charge in [0, 0.05) is 18.5 Å². The van der Waals surface area contributed by atoms with Gasteiger partial charge in [0.2, 0.25) is 0 Å². The van der Waals surface area contributed by atoms with E-state index in [4.69, 9.17) is 5.73 Å². The third-order valence-corrected chi connectivity index (χ3v) is 4.51. The van der Waals surface area contributed by atoms with Gasteiger partial charge in [0.25, 0.3) is 0 Å². The number of halogens is 1. The average Bonchev–Trinajstić information content (AvgIpc) is 2.99. The summed E-state index contributed by atoms with van der Waals surface area (Å²) in [6.07, 6.45) is 0. The minimum absolute atomic E-state index is 0. The zero-order valence-corrected chi connectivity index (χ0v) is 12.6. The highest BCUT2D eigenvalue weighted by atomic mass is 35.5. The van der Waals surface area contributed by atoms with Gasteiger partial charge >= 0.3 is 0 Å². The molecule has 6 heteroatoms. The van der Waals surface area contributed by atoms with Crippen LogP contribution in [0.2, 0.25) is 0 Å². The maximum absolute atomic E-state index is 6.04. The normalized spacial score (nSPS) is 25.0. The number of hydrogen-bond donors (Lipinski definition) is 2. The number of para-hydroxylation sites is 1. The number of likely N-dealkylation sites (tertiary alicyclic amines) is 1. The van der Waals surface area contributed by atoms with E-state index < -0.39 is 0 Å². The first-order chi connectivity index (χ1) is 9.79. The summed E-state index contributed by atoms with van der Waals surface area (Å²) in [6, 6.07) is 7.93. The van der Waals surface area contributed by atoms with Gasteiger partial charge in [-0.15, -0.1) is 12.4 Å². The maximum Gasteiger partial charge on any atom is 0.145 e. The van der Waals surface area contributed by atoms with Crippen molar-refractivity contribution in [3.63, 3.8) is 0 Å². The van der Waals surface area contributed by atoms with Crippen LogP contribution >= 0.6 is 12.4 Å². The molecule has 0 saturated carbocycles. The van der Waals surface area contributed by atoms with Crippen LogP contribution in [0, 0.1) is 11.8 Å². The molecular formula is C15H20ClN5. The summed E-state index contributed by atoms with van der Waals surface area (Å²) < 4.78 is 0. The molecule has 0 amide bonds. The second-order valence-electron chi connectivity index (χ2n) is 5.91. The molecule has 1 aromatic heterocycles. The van der Waals surface area contributed by atoms with Crippen molar-refractivity contribution in [2.24, 2.45) is 11.8 Å². The number of hydrogen-bond acceptors (Lipinski definition) is 5. The van der Waals surface area contributed by atoms with Crippen molar-refractivity contribution < 1.29 is 0 Å². The van der Waals surface area contributed by atoms with Gasteiger partial charge in [-0.3, -0.25) is 4.90 Å². The minimum Gasteiger partial charge on any atom is -0.383 e. The first-order valence-electron chi connectivity index (χ1n) is 7.24. The molecular weight excluding hydrogens is 286 g/mol. The van der Waals surface area contributed by atoms with E-state index in [-0.39, 0.29) is 12.4 Å². The molecule has 2 aliphatic heterocycles. The number of nitrogens with two attached hydrogens (primary N) is 1. The van der Waals surface area contributed by atoms with Gasteiger partial charge in [-0.1, -0.05) is 12.1 Å². The Morgan fingerprint density at radius 1 is 1.14 bits per heavy atom. The molecule has 3 heterocycles. The second-order valence-corrected chi connectivity index (χ2v) is 5.91. The molecule has 5 nitrogen and oxygen atoms in total. The lowest BCUT2D eigenvalue weighted by molar-refractivity contribution is 0.298. The summed E-state index contributed by atoms with van der Waals surface area (Å²) in [7, 11) is 0. The third kappa shape index (κ3) is 2.69. The highest BCUT2D eigenvalue weighted by molar-refractivity contribution is 5.87. The quantitative estimate of drug-likeness (QED) is 0.875. The number of fused-ring (bicyclic) bond motifs is 2. The lowest BCUT2D eigenvalue weighted by Gasteiger charge is -2.16. The summed E-state index contributed by atoms with van der Waals surface area (Å²) in [4.78, 5) is 11.6. The molecule has 0 bridgehead atoms. The van der Waals surface area contributed by atoms with Gasteiger partial charge in [0.05, 0.1) is 12.1 Å². The molecule has 4 rings (SSSR count). The van der Waals surface area contributed by atoms with Gasteiger partial charge in [-0.05, 0) is 37.1 Å². The summed E-state index contributed by atoms with van der Waals surface area (Å²) in [5.74, 6) is 3.03. The van der Waals surface area contributed by atoms with Gasteiger partial charge in [-0.25, -0.2) is 9.97 Å². The number of nitrogens with zero attached hydrogens (tertiary/aromatic N) is 3. The Balaban J connectivity index is 0.00000132. The first kappa shape index (κ1) is 14.5. The summed E-state index contributed by atoms with van der Waals surface area (Å²) >= 11 is 0. The molecule has 2 fully saturated rings. The molecule has 3 N–H and O–H groups in total. The molecule has 0 spiro atoms.